The third kappa shape index (κ3) is 4.45. The maximum Gasteiger partial charge on any atom is 0.242 e. The van der Waals surface area contributed by atoms with Crippen LogP contribution in [0.5, 0.6) is 0 Å². The lowest BCUT2D eigenvalue weighted by atomic mass is 10.2. The lowest BCUT2D eigenvalue weighted by Gasteiger charge is -2.11. The Morgan fingerprint density at radius 3 is 2.44 bits per heavy atom. The van der Waals surface area contributed by atoms with Crippen LogP contribution in [-0.4, -0.2) is 15.7 Å². The molecule has 2 N–H and O–H groups in total. The van der Waals surface area contributed by atoms with Crippen molar-refractivity contribution in [2.24, 2.45) is 0 Å². The zero-order valence-corrected chi connectivity index (χ0v) is 15.1. The summed E-state index contributed by atoms with van der Waals surface area (Å²) in [4.78, 5) is 12.1. The molecule has 0 saturated carbocycles. The standard InChI is InChI=1S/C17H13Cl3N4O/c18-12-7-14(19)17(15(20)8-12)23-22-16(25)6-11-9-21-24(10-11)13-4-2-1-3-5-13/h1-5,7-10,23H,6H2,(H,22,25). The molecule has 0 saturated heterocycles. The van der Waals surface area contributed by atoms with Crippen LogP contribution in [-0.2, 0) is 11.2 Å². The van der Waals surface area contributed by atoms with E-state index >= 15 is 0 Å². The maximum atomic E-state index is 12.1. The zero-order valence-electron chi connectivity index (χ0n) is 12.8. The predicted molar refractivity (Wildman–Crippen MR) is 101 cm³/mol. The highest BCUT2D eigenvalue weighted by Gasteiger charge is 2.10. The van der Waals surface area contributed by atoms with Gasteiger partial charge in [0, 0.05) is 11.2 Å². The highest BCUT2D eigenvalue weighted by molar-refractivity contribution is 6.41. The van der Waals surface area contributed by atoms with Crippen LogP contribution in [0.25, 0.3) is 5.69 Å². The molecule has 3 aromatic rings. The smallest absolute Gasteiger partial charge is 0.242 e. The topological polar surface area (TPSA) is 59.0 Å². The van der Waals surface area contributed by atoms with Gasteiger partial charge in [0.2, 0.25) is 5.91 Å². The van der Waals surface area contributed by atoms with E-state index in [1.807, 2.05) is 30.3 Å². The van der Waals surface area contributed by atoms with E-state index in [4.69, 9.17) is 34.8 Å². The number of carbonyl (C=O) groups excluding carboxylic acids is 1. The van der Waals surface area contributed by atoms with E-state index in [9.17, 15) is 4.79 Å². The summed E-state index contributed by atoms with van der Waals surface area (Å²) in [7, 11) is 0. The molecule has 8 heteroatoms. The molecular weight excluding hydrogens is 383 g/mol. The second-order valence-electron chi connectivity index (χ2n) is 5.22. The van der Waals surface area contributed by atoms with Gasteiger partial charge >= 0.3 is 0 Å². The molecular formula is C17H13Cl3N4O. The van der Waals surface area contributed by atoms with Crippen molar-refractivity contribution >= 4 is 46.4 Å². The van der Waals surface area contributed by atoms with Crippen LogP contribution >= 0.6 is 34.8 Å². The molecule has 25 heavy (non-hydrogen) atoms. The van der Waals surface area contributed by atoms with Crippen molar-refractivity contribution in [1.29, 1.82) is 0 Å². The first-order valence-corrected chi connectivity index (χ1v) is 8.44. The Morgan fingerprint density at radius 1 is 1.08 bits per heavy atom. The Balaban J connectivity index is 1.61. The van der Waals surface area contributed by atoms with Gasteiger partial charge < -0.3 is 0 Å². The first-order valence-electron chi connectivity index (χ1n) is 7.31. The number of nitrogens with one attached hydrogen (secondary N) is 2. The maximum absolute atomic E-state index is 12.1. The quantitative estimate of drug-likeness (QED) is 0.625. The van der Waals surface area contributed by atoms with Crippen molar-refractivity contribution in [1.82, 2.24) is 15.2 Å². The Labute approximate surface area is 159 Å². The normalized spacial score (nSPS) is 10.5. The summed E-state index contributed by atoms with van der Waals surface area (Å²) in [5.74, 6) is -0.255. The third-order valence-electron chi connectivity index (χ3n) is 3.36. The van der Waals surface area contributed by atoms with Crippen molar-refractivity contribution in [3.05, 3.63) is 75.5 Å². The summed E-state index contributed by atoms with van der Waals surface area (Å²) in [6.45, 7) is 0. The molecule has 0 aliphatic carbocycles. The monoisotopic (exact) mass is 394 g/mol. The molecule has 1 amide bonds. The number of amides is 1. The second-order valence-corrected chi connectivity index (χ2v) is 6.47. The molecule has 0 bridgehead atoms. The first kappa shape index (κ1) is 17.6. The second kappa shape index (κ2) is 7.78. The van der Waals surface area contributed by atoms with Crippen molar-refractivity contribution in [2.75, 3.05) is 5.43 Å². The number of benzene rings is 2. The molecule has 0 atom stereocenters. The zero-order chi connectivity index (χ0) is 17.8. The van der Waals surface area contributed by atoms with E-state index in [1.54, 1.807) is 17.1 Å². The summed E-state index contributed by atoms with van der Waals surface area (Å²) in [6, 6.07) is 12.7. The van der Waals surface area contributed by atoms with Crippen molar-refractivity contribution in [3.63, 3.8) is 0 Å². The van der Waals surface area contributed by atoms with Gasteiger partial charge in [-0.25, -0.2) is 4.68 Å². The lowest BCUT2D eigenvalue weighted by molar-refractivity contribution is -0.119. The van der Waals surface area contributed by atoms with Gasteiger partial charge in [0.25, 0.3) is 0 Å². The van der Waals surface area contributed by atoms with Crippen LogP contribution in [0.4, 0.5) is 5.69 Å². The number of carbonyl (C=O) groups is 1. The highest BCUT2D eigenvalue weighted by Crippen LogP contribution is 2.33. The van der Waals surface area contributed by atoms with Crippen molar-refractivity contribution in [3.8, 4) is 5.69 Å². The van der Waals surface area contributed by atoms with Crippen LogP contribution in [0.3, 0.4) is 0 Å². The van der Waals surface area contributed by atoms with Crippen LogP contribution in [0, 0.1) is 0 Å². The molecule has 128 valence electrons. The fourth-order valence-electron chi connectivity index (χ4n) is 2.20. The van der Waals surface area contributed by atoms with Crippen molar-refractivity contribution in [2.45, 2.75) is 6.42 Å². The van der Waals surface area contributed by atoms with E-state index < -0.39 is 0 Å². The number of nitrogens with zero attached hydrogens (tertiary/aromatic N) is 2. The number of rotatable bonds is 5. The fourth-order valence-corrected chi connectivity index (χ4v) is 3.11. The van der Waals surface area contributed by atoms with Gasteiger partial charge in [-0.1, -0.05) is 53.0 Å². The number of hydrazine groups is 1. The van der Waals surface area contributed by atoms with E-state index in [1.165, 1.54) is 12.1 Å². The number of halogens is 3. The highest BCUT2D eigenvalue weighted by atomic mass is 35.5. The molecule has 1 heterocycles. The Hall–Kier alpha value is -2.21. The largest absolute Gasteiger partial charge is 0.296 e. The average molecular weight is 396 g/mol. The fraction of sp³-hybridized carbons (Fsp3) is 0.0588. The predicted octanol–water partition coefficient (Wildman–Crippen LogP) is 4.52. The summed E-state index contributed by atoms with van der Waals surface area (Å²) in [5.41, 5.74) is 7.36. The number of hydrogen-bond donors (Lipinski definition) is 2. The van der Waals surface area contributed by atoms with E-state index in [2.05, 4.69) is 16.0 Å². The Kier molecular flexibility index (Phi) is 5.48. The van der Waals surface area contributed by atoms with Gasteiger partial charge in [-0.3, -0.25) is 15.6 Å². The lowest BCUT2D eigenvalue weighted by Crippen LogP contribution is -2.30. The van der Waals surface area contributed by atoms with Crippen LogP contribution in [0.2, 0.25) is 15.1 Å². The summed E-state index contributed by atoms with van der Waals surface area (Å²) in [5, 5.41) is 5.30. The van der Waals surface area contributed by atoms with Crippen LogP contribution < -0.4 is 10.9 Å². The van der Waals surface area contributed by atoms with Crippen molar-refractivity contribution < 1.29 is 4.79 Å². The summed E-state index contributed by atoms with van der Waals surface area (Å²) in [6.07, 6.45) is 3.61. The number of anilines is 1. The molecule has 1 aromatic heterocycles. The molecule has 0 aliphatic heterocycles. The minimum atomic E-state index is -0.255. The van der Waals surface area contributed by atoms with Crippen LogP contribution in [0.15, 0.2) is 54.9 Å². The van der Waals surface area contributed by atoms with Gasteiger partial charge in [-0.15, -0.1) is 0 Å². The average Bonchev–Trinajstić information content (AvgIpc) is 3.03. The molecule has 0 unspecified atom stereocenters. The molecule has 0 aliphatic rings. The third-order valence-corrected chi connectivity index (χ3v) is 4.17. The van der Waals surface area contributed by atoms with Gasteiger partial charge in [-0.05, 0) is 29.8 Å². The van der Waals surface area contributed by atoms with Crippen LogP contribution in [0.1, 0.15) is 5.56 Å². The number of hydrogen-bond acceptors (Lipinski definition) is 3. The van der Waals surface area contributed by atoms with Gasteiger partial charge in [0.05, 0.1) is 34.0 Å². The number of para-hydroxylation sites is 1. The summed E-state index contributed by atoms with van der Waals surface area (Å²) >= 11 is 18.0. The molecule has 0 fully saturated rings. The van der Waals surface area contributed by atoms with Gasteiger partial charge in [0.15, 0.2) is 0 Å². The molecule has 0 radical (unpaired) electrons. The minimum absolute atomic E-state index is 0.155. The minimum Gasteiger partial charge on any atom is -0.296 e. The SMILES string of the molecule is O=C(Cc1cnn(-c2ccccc2)c1)NNc1c(Cl)cc(Cl)cc1Cl. The Bertz CT molecular complexity index is 873. The van der Waals surface area contributed by atoms with Gasteiger partial charge in [0.1, 0.15) is 0 Å². The van der Waals surface area contributed by atoms with E-state index in [0.717, 1.165) is 11.3 Å². The van der Waals surface area contributed by atoms with E-state index in [-0.39, 0.29) is 12.3 Å². The first-order chi connectivity index (χ1) is 12.0. The molecule has 3 rings (SSSR count). The van der Waals surface area contributed by atoms with E-state index in [0.29, 0.717) is 20.8 Å². The Morgan fingerprint density at radius 2 is 1.76 bits per heavy atom. The molecule has 2 aromatic carbocycles. The van der Waals surface area contributed by atoms with Gasteiger partial charge in [-0.2, -0.15) is 5.10 Å². The molecule has 0 spiro atoms. The summed E-state index contributed by atoms with van der Waals surface area (Å²) < 4.78 is 1.71. The number of aromatic nitrogens is 2. The molecule has 5 nitrogen and oxygen atoms in total.